The van der Waals surface area contributed by atoms with Crippen molar-refractivity contribution in [1.82, 2.24) is 19.9 Å². The lowest BCUT2D eigenvalue weighted by Gasteiger charge is -2.39. The van der Waals surface area contributed by atoms with Crippen LogP contribution >= 0.6 is 0 Å². The standard InChI is InChI=1S/C25H28N6O4/c1-4-34-20-11-21(23-19(12-26)14-28-31(23)15-20)18-5-6-22(27-13-18)30-9-7-25(16-32,8-10-30)29-24(33)35-17(2)3/h5-6,11,13-17H,4,7-10H2,1-3H3,(H,29,33). The number of nitrogens with one attached hydrogen (secondary N) is 1. The van der Waals surface area contributed by atoms with E-state index in [1.807, 2.05) is 25.1 Å². The number of hydrogen-bond donors (Lipinski definition) is 1. The Balaban J connectivity index is 1.53. The molecule has 1 aliphatic rings. The quantitative estimate of drug-likeness (QED) is 0.515. The van der Waals surface area contributed by atoms with Gasteiger partial charge in [0.1, 0.15) is 29.5 Å². The molecule has 0 radical (unpaired) electrons. The van der Waals surface area contributed by atoms with E-state index in [0.717, 1.165) is 23.2 Å². The molecule has 1 N–H and O–H groups in total. The van der Waals surface area contributed by atoms with Gasteiger partial charge in [-0.1, -0.05) is 0 Å². The number of alkyl carbamates (subject to hydrolysis) is 1. The highest BCUT2D eigenvalue weighted by Gasteiger charge is 2.37. The number of anilines is 1. The maximum atomic E-state index is 12.0. The van der Waals surface area contributed by atoms with Crippen LogP contribution < -0.4 is 15.0 Å². The second-order valence-corrected chi connectivity index (χ2v) is 8.73. The molecule has 0 atom stereocenters. The van der Waals surface area contributed by atoms with Gasteiger partial charge in [0.05, 0.1) is 36.2 Å². The van der Waals surface area contributed by atoms with Crippen LogP contribution in [0.1, 0.15) is 39.2 Å². The third kappa shape index (κ3) is 5.04. The van der Waals surface area contributed by atoms with Crippen LogP contribution in [-0.4, -0.2) is 58.3 Å². The van der Waals surface area contributed by atoms with Crippen LogP contribution in [0.2, 0.25) is 0 Å². The van der Waals surface area contributed by atoms with Gasteiger partial charge in [-0.15, -0.1) is 0 Å². The molecule has 3 aromatic heterocycles. The number of amides is 1. The minimum atomic E-state index is -0.941. The number of aldehydes is 1. The summed E-state index contributed by atoms with van der Waals surface area (Å²) in [6.07, 6.45) is 5.91. The third-order valence-corrected chi connectivity index (χ3v) is 5.98. The first kappa shape index (κ1) is 24.0. The van der Waals surface area contributed by atoms with Gasteiger partial charge < -0.3 is 24.5 Å². The number of fused-ring (bicyclic) bond motifs is 1. The van der Waals surface area contributed by atoms with Crippen LogP contribution in [0.15, 0.2) is 36.8 Å². The Bertz CT molecular complexity index is 1250. The number of nitrogens with zero attached hydrogens (tertiary/aromatic N) is 5. The average Bonchev–Trinajstić information content (AvgIpc) is 3.27. The van der Waals surface area contributed by atoms with Gasteiger partial charge in [0.15, 0.2) is 0 Å². The van der Waals surface area contributed by atoms with Crippen LogP contribution in [0.25, 0.3) is 16.6 Å². The van der Waals surface area contributed by atoms with Gasteiger partial charge in [0.2, 0.25) is 0 Å². The van der Waals surface area contributed by atoms with Gasteiger partial charge in [0, 0.05) is 30.4 Å². The summed E-state index contributed by atoms with van der Waals surface area (Å²) < 4.78 is 12.5. The van der Waals surface area contributed by atoms with Crippen LogP contribution in [0.3, 0.4) is 0 Å². The van der Waals surface area contributed by atoms with Gasteiger partial charge in [-0.3, -0.25) is 0 Å². The lowest BCUT2D eigenvalue weighted by Crippen LogP contribution is -2.57. The summed E-state index contributed by atoms with van der Waals surface area (Å²) in [5.74, 6) is 1.42. The number of hydrogen-bond acceptors (Lipinski definition) is 8. The predicted octanol–water partition coefficient (Wildman–Crippen LogP) is 3.34. The average molecular weight is 477 g/mol. The smallest absolute Gasteiger partial charge is 0.408 e. The zero-order valence-electron chi connectivity index (χ0n) is 20.0. The van der Waals surface area contributed by atoms with Crippen molar-refractivity contribution >= 4 is 23.7 Å². The predicted molar refractivity (Wildman–Crippen MR) is 129 cm³/mol. The highest BCUT2D eigenvalue weighted by atomic mass is 16.6. The molecule has 1 aliphatic heterocycles. The first-order chi connectivity index (χ1) is 16.9. The second kappa shape index (κ2) is 10.0. The molecule has 0 unspecified atom stereocenters. The fraction of sp³-hybridized carbons (Fsp3) is 0.400. The van der Waals surface area contributed by atoms with E-state index in [2.05, 4.69) is 26.4 Å². The van der Waals surface area contributed by atoms with Crippen molar-refractivity contribution in [2.45, 2.75) is 45.3 Å². The maximum Gasteiger partial charge on any atom is 0.408 e. The number of carbonyl (C=O) groups excluding carboxylic acids is 2. The number of nitriles is 1. The number of aromatic nitrogens is 3. The highest BCUT2D eigenvalue weighted by molar-refractivity contribution is 5.85. The molecule has 10 heteroatoms. The van der Waals surface area contributed by atoms with Gasteiger partial charge in [-0.25, -0.2) is 14.3 Å². The van der Waals surface area contributed by atoms with Gasteiger partial charge >= 0.3 is 6.09 Å². The van der Waals surface area contributed by atoms with Crippen molar-refractivity contribution in [2.24, 2.45) is 0 Å². The molecular formula is C25H28N6O4. The van der Waals surface area contributed by atoms with Crippen LogP contribution in [-0.2, 0) is 9.53 Å². The van der Waals surface area contributed by atoms with E-state index >= 15 is 0 Å². The first-order valence-corrected chi connectivity index (χ1v) is 11.6. The van der Waals surface area contributed by atoms with Crippen molar-refractivity contribution in [3.63, 3.8) is 0 Å². The molecule has 0 aromatic carbocycles. The molecular weight excluding hydrogens is 448 g/mol. The second-order valence-electron chi connectivity index (χ2n) is 8.73. The van der Waals surface area contributed by atoms with Gasteiger partial charge in [0.25, 0.3) is 0 Å². The zero-order chi connectivity index (χ0) is 25.0. The summed E-state index contributed by atoms with van der Waals surface area (Å²) in [4.78, 5) is 30.6. The van der Waals surface area contributed by atoms with Crippen LogP contribution in [0.5, 0.6) is 5.75 Å². The number of ether oxygens (including phenoxy) is 2. The van der Waals surface area contributed by atoms with Crippen molar-refractivity contribution in [1.29, 1.82) is 5.26 Å². The summed E-state index contributed by atoms with van der Waals surface area (Å²) in [6, 6.07) is 7.94. The first-order valence-electron chi connectivity index (χ1n) is 11.6. The van der Waals surface area contributed by atoms with E-state index in [1.54, 1.807) is 30.8 Å². The molecule has 1 amide bonds. The Morgan fingerprint density at radius 3 is 2.69 bits per heavy atom. The Kier molecular flexibility index (Phi) is 6.87. The van der Waals surface area contributed by atoms with E-state index in [4.69, 9.17) is 9.47 Å². The summed E-state index contributed by atoms with van der Waals surface area (Å²) in [6.45, 7) is 7.05. The highest BCUT2D eigenvalue weighted by Crippen LogP contribution is 2.32. The molecule has 3 aromatic rings. The third-order valence-electron chi connectivity index (χ3n) is 5.98. The van der Waals surface area contributed by atoms with Gasteiger partial charge in [-0.2, -0.15) is 10.4 Å². The zero-order valence-corrected chi connectivity index (χ0v) is 20.0. The Morgan fingerprint density at radius 1 is 1.31 bits per heavy atom. The Labute approximate surface area is 203 Å². The van der Waals surface area contributed by atoms with Crippen molar-refractivity contribution in [3.05, 3.63) is 42.4 Å². The van der Waals surface area contributed by atoms with Crippen molar-refractivity contribution < 1.29 is 19.1 Å². The van der Waals surface area contributed by atoms with Crippen LogP contribution in [0, 0.1) is 11.3 Å². The molecule has 0 bridgehead atoms. The Hall–Kier alpha value is -4.13. The fourth-order valence-corrected chi connectivity index (χ4v) is 4.23. The fourth-order valence-electron chi connectivity index (χ4n) is 4.23. The molecule has 0 spiro atoms. The number of carbonyl (C=O) groups is 2. The normalized spacial score (nSPS) is 15.0. The number of pyridine rings is 2. The number of piperidine rings is 1. The molecule has 1 saturated heterocycles. The van der Waals surface area contributed by atoms with Crippen molar-refractivity contribution in [3.8, 4) is 22.9 Å². The lowest BCUT2D eigenvalue weighted by atomic mass is 9.89. The topological polar surface area (TPSA) is 122 Å². The minimum Gasteiger partial charge on any atom is -0.492 e. The Morgan fingerprint density at radius 2 is 2.09 bits per heavy atom. The SMILES string of the molecule is CCOc1cc(-c2ccc(N3CCC(C=O)(NC(=O)OC(C)C)CC3)nc2)c2c(C#N)cnn2c1. The molecule has 10 nitrogen and oxygen atoms in total. The molecule has 4 rings (SSSR count). The van der Waals surface area contributed by atoms with E-state index < -0.39 is 11.6 Å². The minimum absolute atomic E-state index is 0.260. The maximum absolute atomic E-state index is 12.0. The van der Waals surface area contributed by atoms with Gasteiger partial charge in [-0.05, 0) is 51.8 Å². The number of rotatable bonds is 7. The molecule has 1 fully saturated rings. The summed E-state index contributed by atoms with van der Waals surface area (Å²) in [5, 5.41) is 16.5. The van der Waals surface area contributed by atoms with Crippen LogP contribution in [0.4, 0.5) is 10.6 Å². The largest absolute Gasteiger partial charge is 0.492 e. The molecule has 4 heterocycles. The van der Waals surface area contributed by atoms with E-state index in [1.165, 1.54) is 6.20 Å². The lowest BCUT2D eigenvalue weighted by molar-refractivity contribution is -0.114. The van der Waals surface area contributed by atoms with E-state index in [0.29, 0.717) is 49.4 Å². The summed E-state index contributed by atoms with van der Waals surface area (Å²) >= 11 is 0. The van der Waals surface area contributed by atoms with E-state index in [9.17, 15) is 14.9 Å². The summed E-state index contributed by atoms with van der Waals surface area (Å²) in [5.41, 5.74) is 1.85. The molecule has 182 valence electrons. The van der Waals surface area contributed by atoms with E-state index in [-0.39, 0.29) is 6.10 Å². The monoisotopic (exact) mass is 476 g/mol. The molecule has 0 aliphatic carbocycles. The molecule has 35 heavy (non-hydrogen) atoms. The van der Waals surface area contributed by atoms with Crippen molar-refractivity contribution in [2.75, 3.05) is 24.6 Å². The molecule has 0 saturated carbocycles. The summed E-state index contributed by atoms with van der Waals surface area (Å²) in [7, 11) is 0.